The highest BCUT2D eigenvalue weighted by atomic mass is 16.5. The Kier molecular flexibility index (Phi) is 2.10. The fourth-order valence-corrected chi connectivity index (χ4v) is 2.11. The fraction of sp³-hybridized carbons (Fsp3) is 0.231. The van der Waals surface area contributed by atoms with Gasteiger partial charge in [0.05, 0.1) is 11.3 Å². The van der Waals surface area contributed by atoms with Crippen LogP contribution in [0.3, 0.4) is 0 Å². The molecular formula is C13H11NO2. The summed E-state index contributed by atoms with van der Waals surface area (Å²) >= 11 is 0. The van der Waals surface area contributed by atoms with E-state index in [-0.39, 0.29) is 5.78 Å². The van der Waals surface area contributed by atoms with E-state index in [4.69, 9.17) is 4.52 Å². The van der Waals surface area contributed by atoms with Crippen molar-refractivity contribution in [1.82, 2.24) is 5.16 Å². The van der Waals surface area contributed by atoms with Crippen molar-refractivity contribution in [1.29, 1.82) is 0 Å². The van der Waals surface area contributed by atoms with E-state index in [1.807, 2.05) is 30.3 Å². The second kappa shape index (κ2) is 3.59. The van der Waals surface area contributed by atoms with Gasteiger partial charge in [0, 0.05) is 12.0 Å². The summed E-state index contributed by atoms with van der Waals surface area (Å²) in [6, 6.07) is 9.66. The quantitative estimate of drug-likeness (QED) is 0.731. The SMILES string of the molecule is O=C1CCCc2noc(-c3ccccc3)c21. The molecule has 1 aromatic carbocycles. The van der Waals surface area contributed by atoms with Crippen LogP contribution in [-0.4, -0.2) is 10.9 Å². The minimum atomic E-state index is 0.154. The molecule has 1 aromatic heterocycles. The third-order valence-electron chi connectivity index (χ3n) is 2.90. The van der Waals surface area contributed by atoms with Gasteiger partial charge in [-0.3, -0.25) is 4.79 Å². The van der Waals surface area contributed by atoms with Crippen LogP contribution in [0.1, 0.15) is 28.9 Å². The number of ketones is 1. The average molecular weight is 213 g/mol. The molecule has 0 radical (unpaired) electrons. The van der Waals surface area contributed by atoms with Gasteiger partial charge in [0.1, 0.15) is 0 Å². The van der Waals surface area contributed by atoms with E-state index in [0.29, 0.717) is 17.7 Å². The molecule has 0 spiro atoms. The van der Waals surface area contributed by atoms with E-state index >= 15 is 0 Å². The molecule has 0 atom stereocenters. The first-order chi connectivity index (χ1) is 7.86. The van der Waals surface area contributed by atoms with Crippen LogP contribution in [0.2, 0.25) is 0 Å². The molecule has 3 rings (SSSR count). The molecule has 0 bridgehead atoms. The highest BCUT2D eigenvalue weighted by molar-refractivity contribution is 6.02. The number of benzene rings is 1. The largest absolute Gasteiger partial charge is 0.355 e. The second-order valence-electron chi connectivity index (χ2n) is 3.98. The van der Waals surface area contributed by atoms with Gasteiger partial charge in [-0.25, -0.2) is 0 Å². The number of fused-ring (bicyclic) bond motifs is 1. The summed E-state index contributed by atoms with van der Waals surface area (Å²) in [6.45, 7) is 0. The fourth-order valence-electron chi connectivity index (χ4n) is 2.11. The Morgan fingerprint density at radius 3 is 2.75 bits per heavy atom. The number of hydrogen-bond acceptors (Lipinski definition) is 3. The molecule has 0 saturated carbocycles. The van der Waals surface area contributed by atoms with Gasteiger partial charge in [0.2, 0.25) is 0 Å². The summed E-state index contributed by atoms with van der Waals surface area (Å²) in [6.07, 6.45) is 2.33. The molecule has 1 aliphatic rings. The van der Waals surface area contributed by atoms with Crippen LogP contribution >= 0.6 is 0 Å². The first kappa shape index (κ1) is 9.33. The number of aryl methyl sites for hydroxylation is 1. The highest BCUT2D eigenvalue weighted by Crippen LogP contribution is 2.31. The van der Waals surface area contributed by atoms with Gasteiger partial charge in [-0.05, 0) is 12.8 Å². The molecule has 2 aromatic rings. The lowest BCUT2D eigenvalue weighted by atomic mass is 9.93. The van der Waals surface area contributed by atoms with Crippen LogP contribution in [0.15, 0.2) is 34.9 Å². The third-order valence-corrected chi connectivity index (χ3v) is 2.90. The van der Waals surface area contributed by atoms with E-state index in [9.17, 15) is 4.79 Å². The van der Waals surface area contributed by atoms with Gasteiger partial charge in [0.15, 0.2) is 11.5 Å². The molecular weight excluding hydrogens is 202 g/mol. The van der Waals surface area contributed by atoms with Crippen LogP contribution in [0.4, 0.5) is 0 Å². The van der Waals surface area contributed by atoms with Crippen LogP contribution < -0.4 is 0 Å². The van der Waals surface area contributed by atoms with Crippen LogP contribution in [0.5, 0.6) is 0 Å². The maximum Gasteiger partial charge on any atom is 0.177 e. The maximum atomic E-state index is 11.8. The van der Waals surface area contributed by atoms with E-state index < -0.39 is 0 Å². The summed E-state index contributed by atoms with van der Waals surface area (Å²) in [5, 5.41) is 3.99. The lowest BCUT2D eigenvalue weighted by molar-refractivity contribution is 0.0973. The molecule has 0 fully saturated rings. The normalized spacial score (nSPS) is 14.9. The lowest BCUT2D eigenvalue weighted by Gasteiger charge is -2.08. The number of carbonyl (C=O) groups excluding carboxylic acids is 1. The first-order valence-electron chi connectivity index (χ1n) is 5.43. The zero-order valence-corrected chi connectivity index (χ0v) is 8.77. The van der Waals surface area contributed by atoms with Crippen molar-refractivity contribution in [3.63, 3.8) is 0 Å². The Balaban J connectivity index is 2.16. The maximum absolute atomic E-state index is 11.8. The minimum absolute atomic E-state index is 0.154. The number of Topliss-reactive ketones (excluding diaryl/α,β-unsaturated/α-hetero) is 1. The Labute approximate surface area is 93.1 Å². The van der Waals surface area contributed by atoms with Crippen molar-refractivity contribution in [2.24, 2.45) is 0 Å². The van der Waals surface area contributed by atoms with Crippen LogP contribution in [0.25, 0.3) is 11.3 Å². The van der Waals surface area contributed by atoms with Crippen molar-refractivity contribution in [3.05, 3.63) is 41.6 Å². The summed E-state index contributed by atoms with van der Waals surface area (Å²) in [5.41, 5.74) is 2.43. The van der Waals surface area contributed by atoms with Crippen LogP contribution in [-0.2, 0) is 6.42 Å². The Morgan fingerprint density at radius 1 is 1.12 bits per heavy atom. The van der Waals surface area contributed by atoms with E-state index in [2.05, 4.69) is 5.16 Å². The topological polar surface area (TPSA) is 43.1 Å². The summed E-state index contributed by atoms with van der Waals surface area (Å²) < 4.78 is 5.30. The van der Waals surface area contributed by atoms with Gasteiger partial charge >= 0.3 is 0 Å². The van der Waals surface area contributed by atoms with Gasteiger partial charge < -0.3 is 4.52 Å². The highest BCUT2D eigenvalue weighted by Gasteiger charge is 2.26. The number of nitrogens with zero attached hydrogens (tertiary/aromatic N) is 1. The monoisotopic (exact) mass is 213 g/mol. The Morgan fingerprint density at radius 2 is 1.94 bits per heavy atom. The number of hydrogen-bond donors (Lipinski definition) is 0. The molecule has 0 amide bonds. The van der Waals surface area contributed by atoms with Gasteiger partial charge in [-0.2, -0.15) is 0 Å². The third kappa shape index (κ3) is 1.36. The van der Waals surface area contributed by atoms with Crippen molar-refractivity contribution in [2.45, 2.75) is 19.3 Å². The molecule has 0 N–H and O–H groups in total. The van der Waals surface area contributed by atoms with E-state index in [1.54, 1.807) is 0 Å². The van der Waals surface area contributed by atoms with Crippen molar-refractivity contribution in [2.75, 3.05) is 0 Å². The predicted molar refractivity (Wildman–Crippen MR) is 59.2 cm³/mol. The molecule has 1 aliphatic carbocycles. The zero-order chi connectivity index (χ0) is 11.0. The standard InChI is InChI=1S/C13H11NO2/c15-11-8-4-7-10-12(11)13(16-14-10)9-5-2-1-3-6-9/h1-3,5-6H,4,7-8H2. The number of carbonyl (C=O) groups is 1. The van der Waals surface area contributed by atoms with Gasteiger partial charge in [-0.1, -0.05) is 35.5 Å². The molecule has 0 aliphatic heterocycles. The number of rotatable bonds is 1. The summed E-state index contributed by atoms with van der Waals surface area (Å²) in [4.78, 5) is 11.8. The van der Waals surface area contributed by atoms with Crippen LogP contribution in [0, 0.1) is 0 Å². The van der Waals surface area contributed by atoms with Crippen molar-refractivity contribution < 1.29 is 9.32 Å². The molecule has 3 nitrogen and oxygen atoms in total. The average Bonchev–Trinajstić information content (AvgIpc) is 2.75. The Bertz CT molecular complexity index is 528. The van der Waals surface area contributed by atoms with Crippen molar-refractivity contribution >= 4 is 5.78 Å². The molecule has 16 heavy (non-hydrogen) atoms. The van der Waals surface area contributed by atoms with Gasteiger partial charge in [-0.15, -0.1) is 0 Å². The Hall–Kier alpha value is -1.90. The first-order valence-corrected chi connectivity index (χ1v) is 5.43. The summed E-state index contributed by atoms with van der Waals surface area (Å²) in [7, 11) is 0. The second-order valence-corrected chi connectivity index (χ2v) is 3.98. The minimum Gasteiger partial charge on any atom is -0.355 e. The molecule has 1 heterocycles. The molecule has 0 saturated heterocycles. The lowest BCUT2D eigenvalue weighted by Crippen LogP contribution is -2.09. The predicted octanol–water partition coefficient (Wildman–Crippen LogP) is 2.86. The molecule has 0 unspecified atom stereocenters. The molecule has 3 heteroatoms. The smallest absolute Gasteiger partial charge is 0.177 e. The molecule has 80 valence electrons. The summed E-state index contributed by atoms with van der Waals surface area (Å²) in [5.74, 6) is 0.779. The van der Waals surface area contributed by atoms with Crippen molar-refractivity contribution in [3.8, 4) is 11.3 Å². The van der Waals surface area contributed by atoms with E-state index in [1.165, 1.54) is 0 Å². The van der Waals surface area contributed by atoms with E-state index in [0.717, 1.165) is 24.1 Å². The zero-order valence-electron chi connectivity index (χ0n) is 8.77. The number of aromatic nitrogens is 1. The van der Waals surface area contributed by atoms with Gasteiger partial charge in [0.25, 0.3) is 0 Å².